The molecule has 17 heavy (non-hydrogen) atoms. The number of hydrogen-bond donors (Lipinski definition) is 3. The SMILES string of the molecule is C=CCOC(=O)NCC1(OCC(=O)O)CNC1. The van der Waals surface area contributed by atoms with Gasteiger partial charge in [-0.3, -0.25) is 0 Å². The van der Waals surface area contributed by atoms with Gasteiger partial charge >= 0.3 is 12.1 Å². The van der Waals surface area contributed by atoms with Crippen LogP contribution in [0.25, 0.3) is 0 Å². The summed E-state index contributed by atoms with van der Waals surface area (Å²) in [7, 11) is 0. The molecule has 3 N–H and O–H groups in total. The third-order valence-corrected chi connectivity index (χ3v) is 2.28. The second-order valence-corrected chi connectivity index (χ2v) is 3.71. The number of nitrogens with one attached hydrogen (secondary N) is 2. The molecular weight excluding hydrogens is 228 g/mol. The Bertz CT molecular complexity index is 301. The minimum Gasteiger partial charge on any atom is -0.480 e. The van der Waals surface area contributed by atoms with Crippen molar-refractivity contribution in [2.45, 2.75) is 5.60 Å². The molecule has 1 aliphatic heterocycles. The van der Waals surface area contributed by atoms with Gasteiger partial charge in [0, 0.05) is 13.1 Å². The van der Waals surface area contributed by atoms with E-state index in [1.165, 1.54) is 6.08 Å². The van der Waals surface area contributed by atoms with E-state index in [1.54, 1.807) is 0 Å². The summed E-state index contributed by atoms with van der Waals surface area (Å²) in [5.74, 6) is -1.04. The molecular formula is C10H16N2O5. The van der Waals surface area contributed by atoms with Crippen LogP contribution in [-0.2, 0) is 14.3 Å². The molecule has 1 aliphatic rings. The first-order valence-corrected chi connectivity index (χ1v) is 5.16. The molecule has 0 spiro atoms. The first-order chi connectivity index (χ1) is 8.08. The number of hydrogen-bond acceptors (Lipinski definition) is 5. The second kappa shape index (κ2) is 6.21. The normalized spacial score (nSPS) is 16.7. The van der Waals surface area contributed by atoms with Crippen molar-refractivity contribution in [1.82, 2.24) is 10.6 Å². The van der Waals surface area contributed by atoms with E-state index in [0.29, 0.717) is 13.1 Å². The third-order valence-electron chi connectivity index (χ3n) is 2.28. The van der Waals surface area contributed by atoms with Crippen molar-refractivity contribution >= 4 is 12.1 Å². The smallest absolute Gasteiger partial charge is 0.407 e. The molecule has 96 valence electrons. The monoisotopic (exact) mass is 244 g/mol. The lowest BCUT2D eigenvalue weighted by Gasteiger charge is -2.41. The van der Waals surface area contributed by atoms with E-state index in [0.717, 1.165) is 0 Å². The number of rotatable bonds is 7. The van der Waals surface area contributed by atoms with Crippen molar-refractivity contribution in [3.05, 3.63) is 12.7 Å². The average Bonchev–Trinajstić information content (AvgIpc) is 2.24. The largest absolute Gasteiger partial charge is 0.480 e. The summed E-state index contributed by atoms with van der Waals surface area (Å²) in [6, 6.07) is 0. The van der Waals surface area contributed by atoms with Crippen molar-refractivity contribution in [2.75, 3.05) is 32.8 Å². The van der Waals surface area contributed by atoms with Crippen LogP contribution in [-0.4, -0.2) is 55.6 Å². The van der Waals surface area contributed by atoms with E-state index in [9.17, 15) is 9.59 Å². The molecule has 0 atom stereocenters. The summed E-state index contributed by atoms with van der Waals surface area (Å²) in [4.78, 5) is 21.6. The Morgan fingerprint density at radius 1 is 1.53 bits per heavy atom. The number of carboxylic acids is 1. The van der Waals surface area contributed by atoms with Gasteiger partial charge in [0.1, 0.15) is 18.8 Å². The standard InChI is InChI=1S/C10H16N2O5/c1-2-3-16-9(15)12-7-10(5-11-6-10)17-4-8(13)14/h2,11H,1,3-7H2,(H,12,15)(H,13,14). The van der Waals surface area contributed by atoms with Gasteiger partial charge in [0.05, 0.1) is 6.54 Å². The number of alkyl carbamates (subject to hydrolysis) is 1. The van der Waals surface area contributed by atoms with Gasteiger partial charge in [-0.15, -0.1) is 0 Å². The number of carboxylic acid groups (broad SMARTS) is 1. The van der Waals surface area contributed by atoms with Crippen LogP contribution in [0, 0.1) is 0 Å². The van der Waals surface area contributed by atoms with Crippen LogP contribution in [0.3, 0.4) is 0 Å². The van der Waals surface area contributed by atoms with E-state index in [2.05, 4.69) is 17.2 Å². The Morgan fingerprint density at radius 3 is 2.71 bits per heavy atom. The first-order valence-electron chi connectivity index (χ1n) is 5.16. The van der Waals surface area contributed by atoms with E-state index in [-0.39, 0.29) is 19.8 Å². The molecule has 0 aromatic rings. The van der Waals surface area contributed by atoms with Crippen LogP contribution < -0.4 is 10.6 Å². The lowest BCUT2D eigenvalue weighted by molar-refractivity contribution is -0.153. The van der Waals surface area contributed by atoms with Gasteiger partial charge in [-0.2, -0.15) is 0 Å². The minimum absolute atomic E-state index is 0.132. The molecule has 1 fully saturated rings. The maximum absolute atomic E-state index is 11.2. The molecule has 0 aromatic carbocycles. The van der Waals surface area contributed by atoms with Crippen LogP contribution in [0.1, 0.15) is 0 Å². The van der Waals surface area contributed by atoms with E-state index < -0.39 is 17.7 Å². The molecule has 0 radical (unpaired) electrons. The molecule has 1 saturated heterocycles. The lowest BCUT2D eigenvalue weighted by Crippen LogP contribution is -2.66. The zero-order valence-corrected chi connectivity index (χ0v) is 9.40. The van der Waals surface area contributed by atoms with Crippen molar-refractivity contribution in [3.63, 3.8) is 0 Å². The molecule has 0 aromatic heterocycles. The van der Waals surface area contributed by atoms with Crippen molar-refractivity contribution in [1.29, 1.82) is 0 Å². The summed E-state index contributed by atoms with van der Waals surface area (Å²) in [5.41, 5.74) is -0.647. The second-order valence-electron chi connectivity index (χ2n) is 3.71. The third kappa shape index (κ3) is 4.41. The van der Waals surface area contributed by atoms with E-state index in [4.69, 9.17) is 14.6 Å². The van der Waals surface area contributed by atoms with E-state index >= 15 is 0 Å². The summed E-state index contributed by atoms with van der Waals surface area (Å²) in [6.07, 6.45) is 0.886. The summed E-state index contributed by atoms with van der Waals surface area (Å²) >= 11 is 0. The zero-order chi connectivity index (χ0) is 12.7. The Balaban J connectivity index is 2.28. The topological polar surface area (TPSA) is 96.9 Å². The molecule has 7 nitrogen and oxygen atoms in total. The summed E-state index contributed by atoms with van der Waals surface area (Å²) in [5, 5.41) is 14.0. The van der Waals surface area contributed by atoms with Gasteiger partial charge in [-0.1, -0.05) is 12.7 Å². The number of amides is 1. The predicted molar refractivity (Wildman–Crippen MR) is 58.7 cm³/mol. The first kappa shape index (κ1) is 13.5. The van der Waals surface area contributed by atoms with Crippen LogP contribution in [0.4, 0.5) is 4.79 Å². The molecule has 0 saturated carbocycles. The van der Waals surface area contributed by atoms with Crippen LogP contribution in [0.5, 0.6) is 0 Å². The molecule has 0 aliphatic carbocycles. The highest BCUT2D eigenvalue weighted by atomic mass is 16.6. The van der Waals surface area contributed by atoms with Gasteiger partial charge in [0.15, 0.2) is 0 Å². The fraction of sp³-hybridized carbons (Fsp3) is 0.600. The van der Waals surface area contributed by atoms with E-state index in [1.807, 2.05) is 0 Å². The molecule has 0 unspecified atom stereocenters. The highest BCUT2D eigenvalue weighted by Crippen LogP contribution is 2.15. The lowest BCUT2D eigenvalue weighted by atomic mass is 9.97. The fourth-order valence-corrected chi connectivity index (χ4v) is 1.32. The van der Waals surface area contributed by atoms with Crippen LogP contribution in [0.15, 0.2) is 12.7 Å². The van der Waals surface area contributed by atoms with Gasteiger partial charge in [0.25, 0.3) is 0 Å². The summed E-state index contributed by atoms with van der Waals surface area (Å²) in [6.45, 7) is 4.38. The van der Waals surface area contributed by atoms with Crippen molar-refractivity contribution in [2.24, 2.45) is 0 Å². The highest BCUT2D eigenvalue weighted by molar-refractivity contribution is 5.68. The maximum Gasteiger partial charge on any atom is 0.407 e. The van der Waals surface area contributed by atoms with Gasteiger partial charge in [-0.05, 0) is 0 Å². The summed E-state index contributed by atoms with van der Waals surface area (Å²) < 4.78 is 9.95. The van der Waals surface area contributed by atoms with Gasteiger partial charge in [0.2, 0.25) is 0 Å². The number of ether oxygens (including phenoxy) is 2. The zero-order valence-electron chi connectivity index (χ0n) is 9.40. The van der Waals surface area contributed by atoms with Crippen molar-refractivity contribution in [3.8, 4) is 0 Å². The molecule has 0 bridgehead atoms. The number of carbonyl (C=O) groups excluding carboxylic acids is 1. The highest BCUT2D eigenvalue weighted by Gasteiger charge is 2.39. The molecule has 7 heteroatoms. The Kier molecular flexibility index (Phi) is 4.92. The quantitative estimate of drug-likeness (QED) is 0.514. The fourth-order valence-electron chi connectivity index (χ4n) is 1.32. The molecule has 1 rings (SSSR count). The Hall–Kier alpha value is -1.60. The predicted octanol–water partition coefficient (Wildman–Crippen LogP) is -0.658. The van der Waals surface area contributed by atoms with Gasteiger partial charge in [-0.25, -0.2) is 9.59 Å². The maximum atomic E-state index is 11.2. The van der Waals surface area contributed by atoms with Crippen molar-refractivity contribution < 1.29 is 24.2 Å². The number of aliphatic carboxylic acids is 1. The molecule has 1 amide bonds. The van der Waals surface area contributed by atoms with Crippen LogP contribution >= 0.6 is 0 Å². The number of carbonyl (C=O) groups is 2. The molecule has 1 heterocycles. The Labute approximate surface area is 98.8 Å². The van der Waals surface area contributed by atoms with Crippen LogP contribution in [0.2, 0.25) is 0 Å². The van der Waals surface area contributed by atoms with Gasteiger partial charge < -0.3 is 25.2 Å². The Morgan fingerprint density at radius 2 is 2.24 bits per heavy atom. The average molecular weight is 244 g/mol. The minimum atomic E-state index is -1.04.